The molecule has 2 aromatic heterocycles. The molecule has 3 rings (SSSR count). The predicted molar refractivity (Wildman–Crippen MR) is 118 cm³/mol. The Morgan fingerprint density at radius 1 is 1.27 bits per heavy atom. The number of carbonyl (C=O) groups is 2. The highest BCUT2D eigenvalue weighted by atomic mass is 32.2. The number of nitrogens with one attached hydrogen (secondary N) is 2. The number of fused-ring (bicyclic) bond motifs is 1. The van der Waals surface area contributed by atoms with Gasteiger partial charge in [-0.1, -0.05) is 11.3 Å². The van der Waals surface area contributed by atoms with Gasteiger partial charge in [0.05, 0.1) is 27.2 Å². The number of aldehydes is 1. The zero-order valence-electron chi connectivity index (χ0n) is 16.8. The van der Waals surface area contributed by atoms with Crippen LogP contribution in [0.15, 0.2) is 33.3 Å². The third-order valence-corrected chi connectivity index (χ3v) is 5.92. The third kappa shape index (κ3) is 5.44. The Bertz CT molecular complexity index is 1430. The highest BCUT2D eigenvalue weighted by Gasteiger charge is 2.18. The maximum absolute atomic E-state index is 11.3. The lowest BCUT2D eigenvalue weighted by Gasteiger charge is -2.13. The summed E-state index contributed by atoms with van der Waals surface area (Å²) < 4.78 is 32.3. The van der Waals surface area contributed by atoms with E-state index < -0.39 is 22.6 Å². The topological polar surface area (TPSA) is 207 Å². The molecule has 0 aliphatic heterocycles. The Hall–Kier alpha value is -4.00. The first-order chi connectivity index (χ1) is 15.6. The number of carboxylic acid groups (broad SMARTS) is 1. The molecule has 170 valence electrons. The van der Waals surface area contributed by atoms with Crippen molar-refractivity contribution >= 4 is 66.4 Å². The zero-order valence-corrected chi connectivity index (χ0v) is 18.4. The molecule has 0 amide bonds. The van der Waals surface area contributed by atoms with E-state index in [1.165, 1.54) is 18.2 Å². The average Bonchev–Trinajstić information content (AvgIpc) is 3.17. The van der Waals surface area contributed by atoms with Crippen molar-refractivity contribution in [1.29, 1.82) is 5.26 Å². The van der Waals surface area contributed by atoms with Crippen molar-refractivity contribution < 1.29 is 27.7 Å². The van der Waals surface area contributed by atoms with Crippen LogP contribution in [-0.4, -0.2) is 53.4 Å². The first kappa shape index (κ1) is 23.7. The number of aromatic nitrogens is 2. The maximum Gasteiger partial charge on any atom is 0.322 e. The quantitative estimate of drug-likeness (QED) is 0.195. The molecule has 33 heavy (non-hydrogen) atoms. The second-order valence-corrected chi connectivity index (χ2v) is 8.80. The van der Waals surface area contributed by atoms with Gasteiger partial charge in [0, 0.05) is 5.56 Å². The van der Waals surface area contributed by atoms with Crippen molar-refractivity contribution in [2.45, 2.75) is 11.8 Å². The smallest absolute Gasteiger partial charge is 0.322 e. The molecule has 0 unspecified atom stereocenters. The molecule has 15 heteroatoms. The second-order valence-electron chi connectivity index (χ2n) is 6.37. The number of aliphatic carboxylic acids is 1. The van der Waals surface area contributed by atoms with E-state index in [0.717, 1.165) is 11.3 Å². The summed E-state index contributed by atoms with van der Waals surface area (Å²) in [4.78, 5) is 29.8. The van der Waals surface area contributed by atoms with Crippen molar-refractivity contribution in [3.8, 4) is 6.07 Å². The Morgan fingerprint density at radius 2 is 2.03 bits per heavy atom. The van der Waals surface area contributed by atoms with E-state index in [0.29, 0.717) is 22.1 Å². The minimum Gasteiger partial charge on any atom is -0.480 e. The van der Waals surface area contributed by atoms with Gasteiger partial charge in [0.25, 0.3) is 10.1 Å². The van der Waals surface area contributed by atoms with Gasteiger partial charge in [0.15, 0.2) is 5.82 Å². The van der Waals surface area contributed by atoms with Crippen LogP contribution in [0.25, 0.3) is 10.2 Å². The molecule has 0 fully saturated rings. The summed E-state index contributed by atoms with van der Waals surface area (Å²) in [6, 6.07) is 5.81. The van der Waals surface area contributed by atoms with Crippen LogP contribution < -0.4 is 10.6 Å². The molecule has 0 atom stereocenters. The number of hydrogen-bond donors (Lipinski definition) is 4. The molecule has 0 spiro atoms. The van der Waals surface area contributed by atoms with Crippen LogP contribution in [0, 0.1) is 18.3 Å². The van der Waals surface area contributed by atoms with Crippen LogP contribution >= 0.6 is 11.3 Å². The molecule has 2 heterocycles. The van der Waals surface area contributed by atoms with Crippen LogP contribution in [0.3, 0.4) is 0 Å². The van der Waals surface area contributed by atoms with E-state index in [4.69, 9.17) is 5.11 Å². The number of anilines is 2. The summed E-state index contributed by atoms with van der Waals surface area (Å²) in [5.41, 5.74) is 0.926. The van der Waals surface area contributed by atoms with E-state index in [-0.39, 0.29) is 39.5 Å². The number of pyridine rings is 1. The zero-order chi connectivity index (χ0) is 24.2. The molecular formula is C18H15N7O6S2. The summed E-state index contributed by atoms with van der Waals surface area (Å²) in [6.45, 7) is 0.953. The maximum atomic E-state index is 11.3. The lowest BCUT2D eigenvalue weighted by molar-refractivity contribution is -0.134. The summed E-state index contributed by atoms with van der Waals surface area (Å²) in [5.74, 6) is -1.07. The lowest BCUT2D eigenvalue weighted by Crippen LogP contribution is -2.15. The second kappa shape index (κ2) is 9.65. The van der Waals surface area contributed by atoms with Crippen LogP contribution in [-0.2, 0) is 19.7 Å². The lowest BCUT2D eigenvalue weighted by atomic mass is 10.1. The summed E-state index contributed by atoms with van der Waals surface area (Å²) in [6.07, 6.45) is 0.580. The fourth-order valence-electron chi connectivity index (χ4n) is 2.69. The normalized spacial score (nSPS) is 11.4. The van der Waals surface area contributed by atoms with E-state index >= 15 is 0 Å². The molecule has 1 aromatic carbocycles. The van der Waals surface area contributed by atoms with Gasteiger partial charge in [-0.05, 0) is 25.1 Å². The molecule has 0 saturated carbocycles. The molecule has 0 saturated heterocycles. The van der Waals surface area contributed by atoms with Gasteiger partial charge in [-0.25, -0.2) is 9.97 Å². The monoisotopic (exact) mass is 489 g/mol. The van der Waals surface area contributed by atoms with Gasteiger partial charge in [-0.3, -0.25) is 9.35 Å². The number of nitrogens with zero attached hydrogens (tertiary/aromatic N) is 5. The number of carbonyl (C=O) groups excluding carboxylic acids is 1. The Balaban J connectivity index is 2.06. The molecule has 3 aromatic rings. The van der Waals surface area contributed by atoms with Gasteiger partial charge in [0.2, 0.25) is 5.13 Å². The number of azo groups is 1. The summed E-state index contributed by atoms with van der Waals surface area (Å²) in [5, 5.41) is 32.0. The van der Waals surface area contributed by atoms with Crippen molar-refractivity contribution in [1.82, 2.24) is 9.97 Å². The molecule has 0 aliphatic carbocycles. The number of nitriles is 1. The highest BCUT2D eigenvalue weighted by Crippen LogP contribution is 2.36. The molecular weight excluding hydrogens is 474 g/mol. The Labute approximate surface area is 190 Å². The molecule has 0 radical (unpaired) electrons. The number of hydrogen-bond acceptors (Lipinski definition) is 12. The fourth-order valence-corrected chi connectivity index (χ4v) is 4.10. The van der Waals surface area contributed by atoms with Crippen molar-refractivity contribution in [2.75, 3.05) is 23.7 Å². The largest absolute Gasteiger partial charge is 0.480 e. The average molecular weight is 489 g/mol. The first-order valence-corrected chi connectivity index (χ1v) is 11.3. The Kier molecular flexibility index (Phi) is 6.92. The van der Waals surface area contributed by atoms with Crippen molar-refractivity contribution in [2.24, 2.45) is 10.2 Å². The van der Waals surface area contributed by atoms with Crippen LogP contribution in [0.2, 0.25) is 0 Å². The molecule has 0 aliphatic rings. The third-order valence-electron chi connectivity index (χ3n) is 4.17. The van der Waals surface area contributed by atoms with Crippen LogP contribution in [0.4, 0.5) is 22.5 Å². The minimum absolute atomic E-state index is 0.0146. The van der Waals surface area contributed by atoms with E-state index in [9.17, 15) is 27.8 Å². The van der Waals surface area contributed by atoms with E-state index in [1.54, 1.807) is 6.92 Å². The summed E-state index contributed by atoms with van der Waals surface area (Å²) in [7, 11) is -4.38. The van der Waals surface area contributed by atoms with E-state index in [1.807, 2.05) is 6.07 Å². The minimum atomic E-state index is -4.38. The standard InChI is InChI=1S/C18H15N7O6S2/c1-9-11(7-19)16(20-4-5-26)23-17(21-8-14(27)28)15(9)24-25-18-22-12-3-2-10(33(29,30)31)6-13(12)32-18/h2-3,5-6H,4,8H2,1H3,(H,27,28)(H2,20,21,23)(H,29,30,31). The van der Waals surface area contributed by atoms with Gasteiger partial charge < -0.3 is 20.5 Å². The van der Waals surface area contributed by atoms with Crippen molar-refractivity contribution in [3.05, 3.63) is 29.3 Å². The fraction of sp³-hybridized carbons (Fsp3) is 0.167. The number of carboxylic acids is 1. The predicted octanol–water partition coefficient (Wildman–Crippen LogP) is 2.64. The summed E-state index contributed by atoms with van der Waals surface area (Å²) >= 11 is 1.00. The molecule has 4 N–H and O–H groups in total. The highest BCUT2D eigenvalue weighted by molar-refractivity contribution is 7.85. The molecule has 0 bridgehead atoms. The van der Waals surface area contributed by atoms with Gasteiger partial charge in [0.1, 0.15) is 30.4 Å². The van der Waals surface area contributed by atoms with Crippen LogP contribution in [0.1, 0.15) is 11.1 Å². The first-order valence-electron chi connectivity index (χ1n) is 9.01. The SMILES string of the molecule is Cc1c(C#N)c(NCC=O)nc(NCC(=O)O)c1N=Nc1nc2ccc(S(=O)(=O)O)cc2s1. The van der Waals surface area contributed by atoms with Gasteiger partial charge in [-0.15, -0.1) is 10.2 Å². The number of rotatable bonds is 9. The van der Waals surface area contributed by atoms with Gasteiger partial charge >= 0.3 is 5.97 Å². The van der Waals surface area contributed by atoms with Crippen molar-refractivity contribution in [3.63, 3.8) is 0 Å². The Morgan fingerprint density at radius 3 is 2.67 bits per heavy atom. The van der Waals surface area contributed by atoms with E-state index in [2.05, 4.69) is 30.8 Å². The molecule has 13 nitrogen and oxygen atoms in total. The number of benzene rings is 1. The van der Waals surface area contributed by atoms with Gasteiger partial charge in [-0.2, -0.15) is 13.7 Å². The van der Waals surface area contributed by atoms with Crippen LogP contribution in [0.5, 0.6) is 0 Å². The number of thiazole rings is 1.